The molecule has 1 N–H and O–H groups in total. The zero-order valence-electron chi connectivity index (χ0n) is 12.1. The van der Waals surface area contributed by atoms with Crippen LogP contribution in [0.2, 0.25) is 0 Å². The van der Waals surface area contributed by atoms with Gasteiger partial charge in [-0.1, -0.05) is 34.1 Å². The van der Waals surface area contributed by atoms with Crippen LogP contribution in [0.4, 0.5) is 0 Å². The largest absolute Gasteiger partial charge is 0.311 e. The molecule has 0 amide bonds. The fourth-order valence-corrected chi connectivity index (χ4v) is 3.33. The lowest BCUT2D eigenvalue weighted by molar-refractivity contribution is 0.189. The normalized spacial score (nSPS) is 22.7. The van der Waals surface area contributed by atoms with Gasteiger partial charge in [0, 0.05) is 36.2 Å². The molecule has 1 saturated heterocycles. The van der Waals surface area contributed by atoms with Gasteiger partial charge in [0.1, 0.15) is 0 Å². The number of hydrogen-bond acceptors (Lipinski definition) is 3. The molecule has 0 spiro atoms. The van der Waals surface area contributed by atoms with Crippen molar-refractivity contribution in [1.29, 1.82) is 0 Å². The molecule has 2 atom stereocenters. The van der Waals surface area contributed by atoms with Crippen LogP contribution < -0.4 is 5.32 Å². The molecular formula is C15H24BrN3. The molecule has 0 bridgehead atoms. The van der Waals surface area contributed by atoms with Crippen molar-refractivity contribution >= 4 is 15.9 Å². The van der Waals surface area contributed by atoms with Crippen molar-refractivity contribution in [2.24, 2.45) is 0 Å². The van der Waals surface area contributed by atoms with Crippen molar-refractivity contribution in [3.05, 3.63) is 34.3 Å². The smallest absolute Gasteiger partial charge is 0.0368 e. The molecular weight excluding hydrogens is 302 g/mol. The zero-order chi connectivity index (χ0) is 13.8. The molecule has 3 nitrogen and oxygen atoms in total. The Bertz CT molecular complexity index is 408. The summed E-state index contributed by atoms with van der Waals surface area (Å²) in [5.74, 6) is 0. The predicted molar refractivity (Wildman–Crippen MR) is 84.5 cm³/mol. The molecule has 1 aliphatic heterocycles. The predicted octanol–water partition coefficient (Wildman–Crippen LogP) is 2.35. The van der Waals surface area contributed by atoms with Gasteiger partial charge in [0.05, 0.1) is 0 Å². The van der Waals surface area contributed by atoms with E-state index in [-0.39, 0.29) is 0 Å². The summed E-state index contributed by atoms with van der Waals surface area (Å²) in [7, 11) is 6.53. The van der Waals surface area contributed by atoms with Crippen LogP contribution in [-0.2, 0) is 0 Å². The highest BCUT2D eigenvalue weighted by Crippen LogP contribution is 2.30. The van der Waals surface area contributed by atoms with E-state index in [0.29, 0.717) is 12.1 Å². The third-order valence-corrected chi connectivity index (χ3v) is 4.58. The molecule has 106 valence electrons. The van der Waals surface area contributed by atoms with Crippen molar-refractivity contribution in [2.75, 3.05) is 40.8 Å². The van der Waals surface area contributed by atoms with Gasteiger partial charge in [-0.25, -0.2) is 0 Å². The minimum absolute atomic E-state index is 0.444. The van der Waals surface area contributed by atoms with Gasteiger partial charge in [0.2, 0.25) is 0 Å². The first-order valence-corrected chi connectivity index (χ1v) is 7.70. The van der Waals surface area contributed by atoms with Crippen LogP contribution in [0.1, 0.15) is 18.0 Å². The molecule has 1 fully saturated rings. The van der Waals surface area contributed by atoms with Gasteiger partial charge in [-0.3, -0.25) is 0 Å². The Morgan fingerprint density at radius 1 is 1.42 bits per heavy atom. The number of nitrogens with zero attached hydrogens (tertiary/aromatic N) is 2. The van der Waals surface area contributed by atoms with E-state index in [1.807, 2.05) is 0 Å². The number of nitrogens with one attached hydrogen (secondary N) is 1. The van der Waals surface area contributed by atoms with E-state index in [1.165, 1.54) is 10.0 Å². The molecule has 2 rings (SSSR count). The topological polar surface area (TPSA) is 18.5 Å². The molecule has 2 unspecified atom stereocenters. The van der Waals surface area contributed by atoms with E-state index in [0.717, 1.165) is 26.1 Å². The molecule has 0 saturated carbocycles. The van der Waals surface area contributed by atoms with Crippen LogP contribution in [0, 0.1) is 0 Å². The molecule has 19 heavy (non-hydrogen) atoms. The Balaban J connectivity index is 2.10. The van der Waals surface area contributed by atoms with Crippen LogP contribution in [0.3, 0.4) is 0 Å². The fourth-order valence-electron chi connectivity index (χ4n) is 2.78. The molecule has 1 aromatic rings. The molecule has 1 aromatic carbocycles. The number of halogens is 1. The summed E-state index contributed by atoms with van der Waals surface area (Å²) in [5.41, 5.74) is 1.38. The summed E-state index contributed by atoms with van der Waals surface area (Å²) in [6.45, 7) is 3.38. The van der Waals surface area contributed by atoms with E-state index in [4.69, 9.17) is 0 Å². The maximum absolute atomic E-state index is 3.68. The second kappa shape index (κ2) is 6.84. The standard InChI is InChI=1S/C15H24BrN3/c1-18(2)15(13-6-4-5-7-14(13)16)10-12-11-19(3)9-8-17-12/h4-7,12,15,17H,8-11H2,1-3H3. The molecule has 1 aliphatic rings. The maximum atomic E-state index is 3.68. The lowest BCUT2D eigenvalue weighted by Crippen LogP contribution is -2.50. The Labute approximate surface area is 125 Å². The first-order valence-electron chi connectivity index (χ1n) is 6.90. The summed E-state index contributed by atoms with van der Waals surface area (Å²) in [5, 5.41) is 3.64. The van der Waals surface area contributed by atoms with Crippen molar-refractivity contribution in [3.8, 4) is 0 Å². The minimum atomic E-state index is 0.444. The van der Waals surface area contributed by atoms with Gasteiger partial charge >= 0.3 is 0 Å². The molecule has 0 aliphatic carbocycles. The van der Waals surface area contributed by atoms with Crippen LogP contribution in [0.15, 0.2) is 28.7 Å². The second-order valence-corrected chi connectivity index (χ2v) is 6.50. The van der Waals surface area contributed by atoms with E-state index in [1.54, 1.807) is 0 Å². The van der Waals surface area contributed by atoms with E-state index in [9.17, 15) is 0 Å². The average Bonchev–Trinajstić information content (AvgIpc) is 2.37. The lowest BCUT2D eigenvalue weighted by atomic mass is 9.97. The SMILES string of the molecule is CN1CCNC(CC(c2ccccc2Br)N(C)C)C1. The average molecular weight is 326 g/mol. The summed E-state index contributed by atoms with van der Waals surface area (Å²) >= 11 is 3.68. The van der Waals surface area contributed by atoms with Gasteiger partial charge < -0.3 is 15.1 Å². The highest BCUT2D eigenvalue weighted by Gasteiger charge is 2.24. The third-order valence-electron chi connectivity index (χ3n) is 3.85. The second-order valence-electron chi connectivity index (χ2n) is 5.65. The van der Waals surface area contributed by atoms with Gasteiger partial charge in [-0.05, 0) is 39.2 Å². The first-order chi connectivity index (χ1) is 9.08. The summed E-state index contributed by atoms with van der Waals surface area (Å²) in [4.78, 5) is 4.73. The van der Waals surface area contributed by atoms with Crippen molar-refractivity contribution < 1.29 is 0 Å². The van der Waals surface area contributed by atoms with Gasteiger partial charge in [0.25, 0.3) is 0 Å². The van der Waals surface area contributed by atoms with E-state index >= 15 is 0 Å². The van der Waals surface area contributed by atoms with Gasteiger partial charge in [-0.2, -0.15) is 0 Å². The number of piperazine rings is 1. The zero-order valence-corrected chi connectivity index (χ0v) is 13.7. The maximum Gasteiger partial charge on any atom is 0.0368 e. The van der Waals surface area contributed by atoms with Crippen molar-refractivity contribution in [3.63, 3.8) is 0 Å². The highest BCUT2D eigenvalue weighted by molar-refractivity contribution is 9.10. The lowest BCUT2D eigenvalue weighted by Gasteiger charge is -2.35. The summed E-state index contributed by atoms with van der Waals surface area (Å²) in [6, 6.07) is 9.56. The van der Waals surface area contributed by atoms with Gasteiger partial charge in [-0.15, -0.1) is 0 Å². The Kier molecular flexibility index (Phi) is 5.39. The van der Waals surface area contributed by atoms with Crippen LogP contribution in [-0.4, -0.2) is 56.6 Å². The van der Waals surface area contributed by atoms with Gasteiger partial charge in [0.15, 0.2) is 0 Å². The summed E-state index contributed by atoms with van der Waals surface area (Å²) in [6.07, 6.45) is 1.14. The Morgan fingerprint density at radius 2 is 2.16 bits per heavy atom. The highest BCUT2D eigenvalue weighted by atomic mass is 79.9. The Morgan fingerprint density at radius 3 is 2.79 bits per heavy atom. The molecule has 1 heterocycles. The third kappa shape index (κ3) is 4.02. The first kappa shape index (κ1) is 15.0. The molecule has 4 heteroatoms. The van der Waals surface area contributed by atoms with Crippen molar-refractivity contribution in [2.45, 2.75) is 18.5 Å². The van der Waals surface area contributed by atoms with Crippen LogP contribution >= 0.6 is 15.9 Å². The summed E-state index contributed by atoms with van der Waals surface area (Å²) < 4.78 is 1.21. The fraction of sp³-hybridized carbons (Fsp3) is 0.600. The number of hydrogen-bond donors (Lipinski definition) is 1. The minimum Gasteiger partial charge on any atom is -0.311 e. The Hall–Kier alpha value is -0.420. The van der Waals surface area contributed by atoms with E-state index < -0.39 is 0 Å². The monoisotopic (exact) mass is 325 g/mol. The number of likely N-dealkylation sites (N-methyl/N-ethyl adjacent to an activating group) is 1. The van der Waals surface area contributed by atoms with Crippen LogP contribution in [0.25, 0.3) is 0 Å². The number of rotatable bonds is 4. The van der Waals surface area contributed by atoms with E-state index in [2.05, 4.69) is 76.5 Å². The number of benzene rings is 1. The van der Waals surface area contributed by atoms with Crippen molar-refractivity contribution in [1.82, 2.24) is 15.1 Å². The molecule has 0 radical (unpaired) electrons. The van der Waals surface area contributed by atoms with Crippen LogP contribution in [0.5, 0.6) is 0 Å². The molecule has 0 aromatic heterocycles. The quantitative estimate of drug-likeness (QED) is 0.916.